The Morgan fingerprint density at radius 3 is 2.83 bits per heavy atom. The summed E-state index contributed by atoms with van der Waals surface area (Å²) in [6.07, 6.45) is 6.30. The summed E-state index contributed by atoms with van der Waals surface area (Å²) in [5.41, 5.74) is 1.54. The normalized spacial score (nSPS) is 17.3. The molecular formula is C12H15N5O. The molecule has 2 heterocycles. The van der Waals surface area contributed by atoms with E-state index in [-0.39, 0.29) is 0 Å². The van der Waals surface area contributed by atoms with Crippen LogP contribution in [0.3, 0.4) is 0 Å². The maximum atomic E-state index is 11.3. The van der Waals surface area contributed by atoms with Crippen LogP contribution in [0.2, 0.25) is 0 Å². The molecule has 0 bridgehead atoms. The topological polar surface area (TPSA) is 74.8 Å². The van der Waals surface area contributed by atoms with E-state index in [0.717, 1.165) is 24.2 Å². The molecule has 1 aliphatic rings. The number of Topliss-reactive ketones (excluding diaryl/α,β-unsaturated/α-hetero) is 1. The number of H-pyrrole nitrogens is 1. The smallest absolute Gasteiger partial charge is 0.182 e. The van der Waals surface area contributed by atoms with Crippen LogP contribution in [0.5, 0.6) is 0 Å². The van der Waals surface area contributed by atoms with Gasteiger partial charge in [-0.3, -0.25) is 4.79 Å². The van der Waals surface area contributed by atoms with Crippen LogP contribution in [0.4, 0.5) is 5.82 Å². The number of nitrogens with zero attached hydrogens (tertiary/aromatic N) is 4. The Kier molecular flexibility index (Phi) is 2.70. The van der Waals surface area contributed by atoms with Crippen LogP contribution in [0.25, 0.3) is 11.2 Å². The minimum Gasteiger partial charge on any atom is -0.355 e. The largest absolute Gasteiger partial charge is 0.355 e. The first-order valence-corrected chi connectivity index (χ1v) is 6.14. The van der Waals surface area contributed by atoms with Crippen molar-refractivity contribution >= 4 is 22.8 Å². The number of carbonyl (C=O) groups excluding carboxylic acids is 1. The van der Waals surface area contributed by atoms with Crippen LogP contribution in [0.1, 0.15) is 25.7 Å². The van der Waals surface area contributed by atoms with Crippen LogP contribution in [0.15, 0.2) is 12.7 Å². The number of fused-ring (bicyclic) bond motifs is 1. The Morgan fingerprint density at radius 1 is 1.28 bits per heavy atom. The fourth-order valence-corrected chi connectivity index (χ4v) is 2.50. The molecule has 0 amide bonds. The van der Waals surface area contributed by atoms with Crippen molar-refractivity contribution in [3.63, 3.8) is 0 Å². The molecule has 0 atom stereocenters. The molecule has 0 aliphatic heterocycles. The molecule has 6 nitrogen and oxygen atoms in total. The fraction of sp³-hybridized carbons (Fsp3) is 0.500. The van der Waals surface area contributed by atoms with E-state index in [1.807, 2.05) is 7.05 Å². The molecule has 1 aliphatic carbocycles. The van der Waals surface area contributed by atoms with Crippen molar-refractivity contribution in [2.45, 2.75) is 31.7 Å². The van der Waals surface area contributed by atoms with Gasteiger partial charge in [-0.15, -0.1) is 0 Å². The van der Waals surface area contributed by atoms with Crippen molar-refractivity contribution in [2.75, 3.05) is 11.9 Å². The van der Waals surface area contributed by atoms with Gasteiger partial charge in [0.15, 0.2) is 11.5 Å². The Morgan fingerprint density at radius 2 is 2.06 bits per heavy atom. The van der Waals surface area contributed by atoms with E-state index in [1.165, 1.54) is 6.33 Å². The Labute approximate surface area is 104 Å². The van der Waals surface area contributed by atoms with Crippen LogP contribution < -0.4 is 4.90 Å². The van der Waals surface area contributed by atoms with Gasteiger partial charge in [0.2, 0.25) is 0 Å². The van der Waals surface area contributed by atoms with Crippen LogP contribution in [-0.2, 0) is 4.79 Å². The van der Waals surface area contributed by atoms with Gasteiger partial charge in [0.25, 0.3) is 0 Å². The van der Waals surface area contributed by atoms with Crippen molar-refractivity contribution in [2.24, 2.45) is 0 Å². The van der Waals surface area contributed by atoms with Gasteiger partial charge in [-0.05, 0) is 12.8 Å². The summed E-state index contributed by atoms with van der Waals surface area (Å²) in [4.78, 5) is 29.1. The average molecular weight is 245 g/mol. The first-order valence-electron chi connectivity index (χ1n) is 6.14. The highest BCUT2D eigenvalue weighted by atomic mass is 16.1. The second-order valence-corrected chi connectivity index (χ2v) is 4.68. The minimum atomic E-state index is 0.365. The molecule has 3 rings (SSSR count). The van der Waals surface area contributed by atoms with Crippen molar-refractivity contribution in [1.82, 2.24) is 19.9 Å². The number of ketones is 1. The Bertz CT molecular complexity index is 569. The lowest BCUT2D eigenvalue weighted by Gasteiger charge is -2.31. The van der Waals surface area contributed by atoms with E-state index < -0.39 is 0 Å². The summed E-state index contributed by atoms with van der Waals surface area (Å²) in [7, 11) is 2.02. The van der Waals surface area contributed by atoms with Crippen LogP contribution in [-0.4, -0.2) is 38.8 Å². The lowest BCUT2D eigenvalue weighted by molar-refractivity contribution is -0.120. The quantitative estimate of drug-likeness (QED) is 0.863. The minimum absolute atomic E-state index is 0.365. The zero-order chi connectivity index (χ0) is 12.5. The van der Waals surface area contributed by atoms with E-state index in [0.29, 0.717) is 30.3 Å². The van der Waals surface area contributed by atoms with E-state index in [1.54, 1.807) is 6.33 Å². The molecule has 2 aromatic heterocycles. The van der Waals surface area contributed by atoms with Gasteiger partial charge in [0.1, 0.15) is 17.6 Å². The maximum absolute atomic E-state index is 11.3. The molecule has 1 fully saturated rings. The third kappa shape index (κ3) is 1.83. The number of anilines is 1. The van der Waals surface area contributed by atoms with Gasteiger partial charge >= 0.3 is 0 Å². The van der Waals surface area contributed by atoms with E-state index >= 15 is 0 Å². The number of aromatic amines is 1. The maximum Gasteiger partial charge on any atom is 0.182 e. The van der Waals surface area contributed by atoms with Crippen molar-refractivity contribution in [3.8, 4) is 0 Å². The molecular weight excluding hydrogens is 230 g/mol. The monoisotopic (exact) mass is 245 g/mol. The zero-order valence-corrected chi connectivity index (χ0v) is 10.3. The van der Waals surface area contributed by atoms with Crippen molar-refractivity contribution in [1.29, 1.82) is 0 Å². The second-order valence-electron chi connectivity index (χ2n) is 4.68. The fourth-order valence-electron chi connectivity index (χ4n) is 2.50. The number of nitrogens with one attached hydrogen (secondary N) is 1. The highest BCUT2D eigenvalue weighted by molar-refractivity contribution is 5.83. The molecule has 0 unspecified atom stereocenters. The number of aromatic nitrogens is 4. The molecule has 0 spiro atoms. The second kappa shape index (κ2) is 4.36. The van der Waals surface area contributed by atoms with Crippen molar-refractivity contribution < 1.29 is 4.79 Å². The van der Waals surface area contributed by atoms with Gasteiger partial charge in [0, 0.05) is 25.9 Å². The number of carbonyl (C=O) groups is 1. The predicted molar refractivity (Wildman–Crippen MR) is 67.3 cm³/mol. The molecule has 18 heavy (non-hydrogen) atoms. The summed E-state index contributed by atoms with van der Waals surface area (Å²) < 4.78 is 0. The third-order valence-corrected chi connectivity index (χ3v) is 3.60. The number of hydrogen-bond acceptors (Lipinski definition) is 5. The molecule has 0 radical (unpaired) electrons. The van der Waals surface area contributed by atoms with Gasteiger partial charge < -0.3 is 9.88 Å². The highest BCUT2D eigenvalue weighted by Gasteiger charge is 2.24. The summed E-state index contributed by atoms with van der Waals surface area (Å²) in [5, 5.41) is 0. The highest BCUT2D eigenvalue weighted by Crippen LogP contribution is 2.26. The predicted octanol–water partition coefficient (Wildman–Crippen LogP) is 1.30. The lowest BCUT2D eigenvalue weighted by Crippen LogP contribution is -2.36. The summed E-state index contributed by atoms with van der Waals surface area (Å²) in [6, 6.07) is 0.365. The molecule has 1 saturated carbocycles. The molecule has 6 heteroatoms. The molecule has 0 saturated heterocycles. The van der Waals surface area contributed by atoms with Crippen molar-refractivity contribution in [3.05, 3.63) is 12.7 Å². The summed E-state index contributed by atoms with van der Waals surface area (Å²) in [6.45, 7) is 0. The molecule has 94 valence electrons. The lowest BCUT2D eigenvalue weighted by atomic mass is 9.93. The van der Waals surface area contributed by atoms with E-state index in [4.69, 9.17) is 0 Å². The summed E-state index contributed by atoms with van der Waals surface area (Å²) >= 11 is 0. The first-order chi connectivity index (χ1) is 8.75. The van der Waals surface area contributed by atoms with E-state index in [2.05, 4.69) is 24.8 Å². The van der Waals surface area contributed by atoms with Crippen LogP contribution in [0, 0.1) is 0 Å². The first kappa shape index (κ1) is 11.1. The Hall–Kier alpha value is -1.98. The summed E-state index contributed by atoms with van der Waals surface area (Å²) in [5.74, 6) is 1.23. The van der Waals surface area contributed by atoms with Gasteiger partial charge in [0.05, 0.1) is 6.33 Å². The standard InChI is InChI=1S/C12H15N5O/c1-17(8-2-4-9(18)5-3-8)12-10-11(14-6-13-10)15-7-16-12/h6-8H,2-5H2,1H3,(H,13,14,15,16). The van der Waals surface area contributed by atoms with Gasteiger partial charge in [-0.2, -0.15) is 0 Å². The number of hydrogen-bond donors (Lipinski definition) is 1. The van der Waals surface area contributed by atoms with Crippen LogP contribution >= 0.6 is 0 Å². The third-order valence-electron chi connectivity index (χ3n) is 3.60. The number of rotatable bonds is 2. The molecule has 0 aromatic carbocycles. The molecule has 1 N–H and O–H groups in total. The van der Waals surface area contributed by atoms with E-state index in [9.17, 15) is 4.79 Å². The molecule has 2 aromatic rings. The average Bonchev–Trinajstić information content (AvgIpc) is 2.87. The van der Waals surface area contributed by atoms with Gasteiger partial charge in [-0.25, -0.2) is 15.0 Å². The van der Waals surface area contributed by atoms with Gasteiger partial charge in [-0.1, -0.05) is 0 Å². The SMILES string of the molecule is CN(c1ncnc2nc[nH]c12)C1CCC(=O)CC1. The zero-order valence-electron chi connectivity index (χ0n) is 10.3. The Balaban J connectivity index is 1.89. The number of imidazole rings is 1.